The highest BCUT2D eigenvalue weighted by Gasteiger charge is 1.90. The van der Waals surface area contributed by atoms with E-state index in [4.69, 9.17) is 4.74 Å². The Balaban J connectivity index is 2.69. The monoisotopic (exact) mass is 176 g/mol. The molecule has 2 heteroatoms. The van der Waals surface area contributed by atoms with Crippen molar-refractivity contribution in [3.63, 3.8) is 0 Å². The Morgan fingerprint density at radius 1 is 1.31 bits per heavy atom. The lowest BCUT2D eigenvalue weighted by Gasteiger charge is -2.01. The van der Waals surface area contributed by atoms with Gasteiger partial charge in [-0.1, -0.05) is 18.2 Å². The molecule has 0 fully saturated rings. The smallest absolute Gasteiger partial charge is 0.142 e. The van der Waals surface area contributed by atoms with Gasteiger partial charge in [-0.05, 0) is 30.7 Å². The van der Waals surface area contributed by atoms with Gasteiger partial charge in [0.25, 0.3) is 0 Å². The number of allylic oxidation sites excluding steroid dienone is 1. The Kier molecular flexibility index (Phi) is 3.76. The van der Waals surface area contributed by atoms with Crippen molar-refractivity contribution in [2.75, 3.05) is 6.61 Å². The van der Waals surface area contributed by atoms with Crippen LogP contribution in [-0.4, -0.2) is 12.9 Å². The first-order chi connectivity index (χ1) is 6.36. The normalized spacial score (nSPS) is 10.2. The van der Waals surface area contributed by atoms with Gasteiger partial charge in [0.1, 0.15) is 12.0 Å². The predicted molar refractivity (Wildman–Crippen MR) is 52.7 cm³/mol. The van der Waals surface area contributed by atoms with Crippen molar-refractivity contribution in [3.8, 4) is 5.75 Å². The van der Waals surface area contributed by atoms with Crippen LogP contribution in [0.5, 0.6) is 5.75 Å². The summed E-state index contributed by atoms with van der Waals surface area (Å²) in [5.74, 6) is 0.853. The molecule has 0 aliphatic rings. The van der Waals surface area contributed by atoms with Gasteiger partial charge in [-0.3, -0.25) is 4.79 Å². The van der Waals surface area contributed by atoms with Crippen LogP contribution in [0.15, 0.2) is 30.3 Å². The Morgan fingerprint density at radius 2 is 2.00 bits per heavy atom. The molecule has 0 atom stereocenters. The van der Waals surface area contributed by atoms with Crippen molar-refractivity contribution in [2.24, 2.45) is 0 Å². The minimum absolute atomic E-state index is 0.670. The van der Waals surface area contributed by atoms with Crippen molar-refractivity contribution in [2.45, 2.75) is 6.92 Å². The van der Waals surface area contributed by atoms with Gasteiger partial charge in [-0.15, -0.1) is 0 Å². The van der Waals surface area contributed by atoms with E-state index in [1.807, 2.05) is 31.2 Å². The second-order valence-electron chi connectivity index (χ2n) is 2.50. The van der Waals surface area contributed by atoms with E-state index in [1.165, 1.54) is 6.08 Å². The molecular weight excluding hydrogens is 164 g/mol. The molecule has 1 aromatic carbocycles. The molecule has 13 heavy (non-hydrogen) atoms. The highest BCUT2D eigenvalue weighted by atomic mass is 16.5. The van der Waals surface area contributed by atoms with Crippen LogP contribution in [0.4, 0.5) is 0 Å². The van der Waals surface area contributed by atoms with Gasteiger partial charge in [0.05, 0.1) is 6.61 Å². The van der Waals surface area contributed by atoms with Crippen molar-refractivity contribution in [3.05, 3.63) is 35.9 Å². The SMILES string of the molecule is CCOc1ccc(C=CC=O)cc1. The second-order valence-corrected chi connectivity index (χ2v) is 2.50. The number of hydrogen-bond donors (Lipinski definition) is 0. The van der Waals surface area contributed by atoms with E-state index in [-0.39, 0.29) is 0 Å². The van der Waals surface area contributed by atoms with E-state index in [9.17, 15) is 4.79 Å². The molecule has 0 aliphatic heterocycles. The standard InChI is InChI=1S/C11H12O2/c1-2-13-11-7-5-10(6-8-11)4-3-9-12/h3-9H,2H2,1H3. The molecule has 2 nitrogen and oxygen atoms in total. The fourth-order valence-corrected chi connectivity index (χ4v) is 0.992. The molecule has 0 spiro atoms. The molecule has 0 saturated carbocycles. The van der Waals surface area contributed by atoms with Crippen LogP contribution in [0.1, 0.15) is 12.5 Å². The predicted octanol–water partition coefficient (Wildman–Crippen LogP) is 2.30. The minimum atomic E-state index is 0.670. The number of carbonyl (C=O) groups excluding carboxylic acids is 1. The number of hydrogen-bond acceptors (Lipinski definition) is 2. The molecule has 0 aromatic heterocycles. The first-order valence-electron chi connectivity index (χ1n) is 4.21. The van der Waals surface area contributed by atoms with Crippen LogP contribution < -0.4 is 4.74 Å². The zero-order valence-corrected chi connectivity index (χ0v) is 7.57. The molecule has 0 unspecified atom stereocenters. The highest BCUT2D eigenvalue weighted by Crippen LogP contribution is 2.12. The van der Waals surface area contributed by atoms with Crippen molar-refractivity contribution >= 4 is 12.4 Å². The third-order valence-electron chi connectivity index (χ3n) is 1.56. The van der Waals surface area contributed by atoms with E-state index >= 15 is 0 Å². The minimum Gasteiger partial charge on any atom is -0.494 e. The third kappa shape index (κ3) is 3.11. The summed E-state index contributed by atoms with van der Waals surface area (Å²) < 4.78 is 5.27. The summed E-state index contributed by atoms with van der Waals surface area (Å²) in [6, 6.07) is 7.58. The number of ether oxygens (including phenoxy) is 1. The molecule has 1 rings (SSSR count). The lowest BCUT2D eigenvalue weighted by Crippen LogP contribution is -1.90. The molecule has 0 amide bonds. The van der Waals surface area contributed by atoms with Gasteiger partial charge in [-0.25, -0.2) is 0 Å². The van der Waals surface area contributed by atoms with Crippen LogP contribution in [0.2, 0.25) is 0 Å². The van der Waals surface area contributed by atoms with Crippen molar-refractivity contribution in [1.82, 2.24) is 0 Å². The highest BCUT2D eigenvalue weighted by molar-refractivity contribution is 5.73. The fourth-order valence-electron chi connectivity index (χ4n) is 0.992. The van der Waals surface area contributed by atoms with Crippen LogP contribution in [0.25, 0.3) is 6.08 Å². The Bertz CT molecular complexity index is 285. The molecule has 0 saturated heterocycles. The maximum Gasteiger partial charge on any atom is 0.142 e. The van der Waals surface area contributed by atoms with E-state index < -0.39 is 0 Å². The van der Waals surface area contributed by atoms with Crippen LogP contribution in [0, 0.1) is 0 Å². The molecule has 0 aliphatic carbocycles. The van der Waals surface area contributed by atoms with Crippen LogP contribution in [-0.2, 0) is 4.79 Å². The first-order valence-corrected chi connectivity index (χ1v) is 4.21. The largest absolute Gasteiger partial charge is 0.494 e. The summed E-state index contributed by atoms with van der Waals surface area (Å²) in [6.45, 7) is 2.61. The second kappa shape index (κ2) is 5.14. The Morgan fingerprint density at radius 3 is 2.54 bits per heavy atom. The third-order valence-corrected chi connectivity index (χ3v) is 1.56. The van der Waals surface area contributed by atoms with E-state index in [0.717, 1.165) is 17.6 Å². The summed E-state index contributed by atoms with van der Waals surface area (Å²) in [4.78, 5) is 10.0. The number of benzene rings is 1. The zero-order valence-electron chi connectivity index (χ0n) is 7.57. The fraction of sp³-hybridized carbons (Fsp3) is 0.182. The summed E-state index contributed by atoms with van der Waals surface area (Å²) in [6.07, 6.45) is 3.98. The number of aldehydes is 1. The lowest BCUT2D eigenvalue weighted by atomic mass is 10.2. The zero-order chi connectivity index (χ0) is 9.52. The quantitative estimate of drug-likeness (QED) is 0.519. The first kappa shape index (κ1) is 9.52. The number of rotatable bonds is 4. The van der Waals surface area contributed by atoms with Crippen LogP contribution >= 0.6 is 0 Å². The molecule has 0 bridgehead atoms. The summed E-state index contributed by atoms with van der Waals surface area (Å²) in [5.41, 5.74) is 0.996. The van der Waals surface area contributed by atoms with E-state index in [2.05, 4.69) is 0 Å². The van der Waals surface area contributed by atoms with Gasteiger partial charge < -0.3 is 4.74 Å². The van der Waals surface area contributed by atoms with Gasteiger partial charge in [-0.2, -0.15) is 0 Å². The van der Waals surface area contributed by atoms with Gasteiger partial charge in [0.2, 0.25) is 0 Å². The summed E-state index contributed by atoms with van der Waals surface area (Å²) in [7, 11) is 0. The van der Waals surface area contributed by atoms with E-state index in [0.29, 0.717) is 6.61 Å². The maximum absolute atomic E-state index is 10.0. The molecule has 0 N–H and O–H groups in total. The molecule has 1 aromatic rings. The van der Waals surface area contributed by atoms with Gasteiger partial charge >= 0.3 is 0 Å². The Labute approximate surface area is 77.8 Å². The van der Waals surface area contributed by atoms with Crippen molar-refractivity contribution < 1.29 is 9.53 Å². The van der Waals surface area contributed by atoms with Gasteiger partial charge in [0, 0.05) is 0 Å². The molecule has 68 valence electrons. The average molecular weight is 176 g/mol. The van der Waals surface area contributed by atoms with E-state index in [1.54, 1.807) is 6.08 Å². The molecule has 0 heterocycles. The number of carbonyl (C=O) groups is 1. The molecular formula is C11H12O2. The summed E-state index contributed by atoms with van der Waals surface area (Å²) >= 11 is 0. The Hall–Kier alpha value is -1.57. The van der Waals surface area contributed by atoms with Crippen LogP contribution in [0.3, 0.4) is 0 Å². The maximum atomic E-state index is 10.0. The lowest BCUT2D eigenvalue weighted by molar-refractivity contribution is -0.104. The average Bonchev–Trinajstić information content (AvgIpc) is 2.17. The van der Waals surface area contributed by atoms with Gasteiger partial charge in [0.15, 0.2) is 0 Å². The molecule has 0 radical (unpaired) electrons. The topological polar surface area (TPSA) is 26.3 Å². The van der Waals surface area contributed by atoms with Crippen molar-refractivity contribution in [1.29, 1.82) is 0 Å². The summed E-state index contributed by atoms with van der Waals surface area (Å²) in [5, 5.41) is 0.